The molecule has 0 spiro atoms. The van der Waals surface area contributed by atoms with Crippen LogP contribution in [-0.4, -0.2) is 15.7 Å². The van der Waals surface area contributed by atoms with Gasteiger partial charge in [0.15, 0.2) is 0 Å². The molecule has 0 fully saturated rings. The fraction of sp³-hybridized carbons (Fsp3) is 0.476. The zero-order valence-electron chi connectivity index (χ0n) is 16.2. The van der Waals surface area contributed by atoms with Gasteiger partial charge in [0.1, 0.15) is 5.69 Å². The van der Waals surface area contributed by atoms with Crippen LogP contribution in [0.4, 0.5) is 0 Å². The van der Waals surface area contributed by atoms with Crippen LogP contribution < -0.4 is 10.9 Å². The summed E-state index contributed by atoms with van der Waals surface area (Å²) in [5.74, 6) is -0.0223. The molecule has 1 aromatic heterocycles. The number of carbonyl (C=O) groups excluding carboxylic acids is 1. The van der Waals surface area contributed by atoms with Crippen molar-refractivity contribution < 1.29 is 4.79 Å². The van der Waals surface area contributed by atoms with E-state index in [2.05, 4.69) is 62.4 Å². The molecule has 26 heavy (non-hydrogen) atoms. The van der Waals surface area contributed by atoms with E-state index < -0.39 is 0 Å². The number of hydrogen-bond acceptors (Lipinski definition) is 3. The Labute approximate surface area is 155 Å². The van der Waals surface area contributed by atoms with Crippen molar-refractivity contribution >= 4 is 5.91 Å². The van der Waals surface area contributed by atoms with Crippen molar-refractivity contribution in [1.82, 2.24) is 15.1 Å². The summed E-state index contributed by atoms with van der Waals surface area (Å²) in [5.41, 5.74) is 2.44. The van der Waals surface area contributed by atoms with E-state index in [0.29, 0.717) is 6.54 Å². The molecule has 1 heterocycles. The van der Waals surface area contributed by atoms with Crippen LogP contribution in [0.25, 0.3) is 0 Å². The lowest BCUT2D eigenvalue weighted by Crippen LogP contribution is -2.34. The first kappa shape index (κ1) is 19.9. The van der Waals surface area contributed by atoms with Gasteiger partial charge in [0, 0.05) is 12.6 Å². The number of carbonyl (C=O) groups is 1. The van der Waals surface area contributed by atoms with E-state index in [0.717, 1.165) is 24.8 Å². The minimum absolute atomic E-state index is 0.105. The molecule has 5 nitrogen and oxygen atoms in total. The minimum Gasteiger partial charge on any atom is -0.344 e. The summed E-state index contributed by atoms with van der Waals surface area (Å²) in [6.07, 6.45) is 2.81. The molecule has 1 amide bonds. The zero-order chi connectivity index (χ0) is 19.1. The molecule has 0 aliphatic rings. The Morgan fingerprint density at radius 1 is 1.12 bits per heavy atom. The van der Waals surface area contributed by atoms with Gasteiger partial charge >= 0.3 is 0 Å². The number of aromatic nitrogens is 2. The maximum Gasteiger partial charge on any atom is 0.272 e. The van der Waals surface area contributed by atoms with E-state index in [1.54, 1.807) is 0 Å². The molecule has 0 saturated heterocycles. The second-order valence-corrected chi connectivity index (χ2v) is 6.92. The van der Waals surface area contributed by atoms with E-state index in [-0.39, 0.29) is 29.1 Å². The first-order chi connectivity index (χ1) is 12.5. The van der Waals surface area contributed by atoms with Gasteiger partial charge in [-0.05, 0) is 36.0 Å². The highest BCUT2D eigenvalue weighted by molar-refractivity contribution is 5.92. The van der Waals surface area contributed by atoms with Gasteiger partial charge in [-0.25, -0.2) is 4.68 Å². The Kier molecular flexibility index (Phi) is 7.13. The maximum atomic E-state index is 12.7. The average Bonchev–Trinajstić information content (AvgIpc) is 2.65. The molecule has 1 atom stereocenters. The van der Waals surface area contributed by atoms with Crippen molar-refractivity contribution in [2.24, 2.45) is 5.92 Å². The van der Waals surface area contributed by atoms with Crippen LogP contribution in [0.3, 0.4) is 0 Å². The summed E-state index contributed by atoms with van der Waals surface area (Å²) >= 11 is 0. The van der Waals surface area contributed by atoms with Gasteiger partial charge in [0.25, 0.3) is 11.5 Å². The van der Waals surface area contributed by atoms with Gasteiger partial charge in [-0.15, -0.1) is 0 Å². The Balaban J connectivity index is 2.20. The van der Waals surface area contributed by atoms with E-state index >= 15 is 0 Å². The highest BCUT2D eigenvalue weighted by atomic mass is 16.2. The smallest absolute Gasteiger partial charge is 0.272 e. The lowest BCUT2D eigenvalue weighted by atomic mass is 9.94. The molecule has 0 aliphatic heterocycles. The van der Waals surface area contributed by atoms with Crippen LogP contribution in [-0.2, 0) is 13.0 Å². The number of nitrogens with zero attached hydrogens (tertiary/aromatic N) is 2. The molecule has 1 unspecified atom stereocenters. The molecular formula is C21H29N3O2. The van der Waals surface area contributed by atoms with Crippen molar-refractivity contribution in [3.63, 3.8) is 0 Å². The summed E-state index contributed by atoms with van der Waals surface area (Å²) in [6, 6.07) is 11.1. The first-order valence-corrected chi connectivity index (χ1v) is 9.44. The van der Waals surface area contributed by atoms with E-state index in [4.69, 9.17) is 0 Å². The highest BCUT2D eigenvalue weighted by Gasteiger charge is 2.20. The molecule has 2 aromatic rings. The van der Waals surface area contributed by atoms with E-state index in [9.17, 15) is 9.59 Å². The number of amides is 1. The summed E-state index contributed by atoms with van der Waals surface area (Å²) in [6.45, 7) is 8.86. The van der Waals surface area contributed by atoms with E-state index in [1.807, 2.05) is 0 Å². The predicted octanol–water partition coefficient (Wildman–Crippen LogP) is 3.73. The van der Waals surface area contributed by atoms with Gasteiger partial charge in [-0.2, -0.15) is 5.10 Å². The molecule has 140 valence electrons. The predicted molar refractivity (Wildman–Crippen MR) is 104 cm³/mol. The van der Waals surface area contributed by atoms with Crippen LogP contribution >= 0.6 is 0 Å². The monoisotopic (exact) mass is 355 g/mol. The summed E-state index contributed by atoms with van der Waals surface area (Å²) in [7, 11) is 0. The average molecular weight is 355 g/mol. The van der Waals surface area contributed by atoms with Crippen LogP contribution in [0.5, 0.6) is 0 Å². The molecule has 1 N–H and O–H groups in total. The van der Waals surface area contributed by atoms with Crippen LogP contribution in [0, 0.1) is 5.92 Å². The van der Waals surface area contributed by atoms with Crippen molar-refractivity contribution in [3.05, 3.63) is 63.6 Å². The van der Waals surface area contributed by atoms with E-state index in [1.165, 1.54) is 22.4 Å². The number of benzene rings is 1. The van der Waals surface area contributed by atoms with Crippen molar-refractivity contribution in [1.29, 1.82) is 0 Å². The molecule has 0 radical (unpaired) electrons. The Morgan fingerprint density at radius 2 is 1.81 bits per heavy atom. The van der Waals surface area contributed by atoms with Crippen molar-refractivity contribution in [2.75, 3.05) is 0 Å². The second kappa shape index (κ2) is 9.32. The number of unbranched alkanes of at least 4 members (excludes halogenated alkanes) is 1. The SMILES string of the molecule is CCCCn1nc(C(=O)NC(c2ccc(CC)cc2)C(C)C)ccc1=O. The number of nitrogens with one attached hydrogen (secondary N) is 1. The Hall–Kier alpha value is -2.43. The fourth-order valence-electron chi connectivity index (χ4n) is 2.85. The zero-order valence-corrected chi connectivity index (χ0v) is 16.2. The molecule has 0 aliphatic carbocycles. The standard InChI is InChI=1S/C21H29N3O2/c1-5-7-14-24-19(25)13-12-18(23-24)21(26)22-20(15(3)4)17-10-8-16(6-2)9-11-17/h8-13,15,20H,5-7,14H2,1-4H3,(H,22,26). The topological polar surface area (TPSA) is 64.0 Å². The lowest BCUT2D eigenvalue weighted by molar-refractivity contribution is 0.0918. The highest BCUT2D eigenvalue weighted by Crippen LogP contribution is 2.22. The molecule has 5 heteroatoms. The van der Waals surface area contributed by atoms with Crippen molar-refractivity contribution in [3.8, 4) is 0 Å². The quantitative estimate of drug-likeness (QED) is 0.785. The lowest BCUT2D eigenvalue weighted by Gasteiger charge is -2.23. The second-order valence-electron chi connectivity index (χ2n) is 6.92. The van der Waals surface area contributed by atoms with Crippen LogP contribution in [0.2, 0.25) is 0 Å². The molecule has 1 aromatic carbocycles. The van der Waals surface area contributed by atoms with Crippen molar-refractivity contribution in [2.45, 2.75) is 59.5 Å². The van der Waals surface area contributed by atoms with Gasteiger partial charge in [-0.3, -0.25) is 9.59 Å². The maximum absolute atomic E-state index is 12.7. The normalized spacial score (nSPS) is 12.2. The van der Waals surface area contributed by atoms with Gasteiger partial charge < -0.3 is 5.32 Å². The summed E-state index contributed by atoms with van der Waals surface area (Å²) in [5, 5.41) is 7.31. The third-order valence-corrected chi connectivity index (χ3v) is 4.52. The summed E-state index contributed by atoms with van der Waals surface area (Å²) in [4.78, 5) is 24.6. The first-order valence-electron chi connectivity index (χ1n) is 9.44. The molecule has 0 saturated carbocycles. The van der Waals surface area contributed by atoms with Gasteiger partial charge in [0.05, 0.1) is 6.04 Å². The third kappa shape index (κ3) is 5.04. The largest absolute Gasteiger partial charge is 0.344 e. The number of aryl methyl sites for hydroxylation is 2. The fourth-order valence-corrected chi connectivity index (χ4v) is 2.85. The third-order valence-electron chi connectivity index (χ3n) is 4.52. The Morgan fingerprint density at radius 3 is 2.38 bits per heavy atom. The number of hydrogen-bond donors (Lipinski definition) is 1. The number of rotatable bonds is 8. The molecule has 2 rings (SSSR count). The Bertz CT molecular complexity index is 779. The minimum atomic E-state index is -0.256. The molecular weight excluding hydrogens is 326 g/mol. The summed E-state index contributed by atoms with van der Waals surface area (Å²) < 4.78 is 1.37. The molecule has 0 bridgehead atoms. The van der Waals surface area contributed by atoms with Crippen LogP contribution in [0.15, 0.2) is 41.2 Å². The van der Waals surface area contributed by atoms with Crippen LogP contribution in [0.1, 0.15) is 68.2 Å². The van der Waals surface area contributed by atoms with Gasteiger partial charge in [-0.1, -0.05) is 58.4 Å². The van der Waals surface area contributed by atoms with Gasteiger partial charge in [0.2, 0.25) is 0 Å².